The Bertz CT molecular complexity index is 536. The molecule has 0 amide bonds. The van der Waals surface area contributed by atoms with Gasteiger partial charge in [0.15, 0.2) is 0 Å². The van der Waals surface area contributed by atoms with Gasteiger partial charge in [0.25, 0.3) is 0 Å². The molecule has 2 atom stereocenters. The van der Waals surface area contributed by atoms with E-state index in [1.54, 1.807) is 6.07 Å². The van der Waals surface area contributed by atoms with Gasteiger partial charge in [-0.15, -0.1) is 0 Å². The number of aliphatic imine (C=N–C) groups is 1. The van der Waals surface area contributed by atoms with Crippen LogP contribution in [0.5, 0.6) is 0 Å². The van der Waals surface area contributed by atoms with Gasteiger partial charge >= 0.3 is 6.18 Å². The lowest BCUT2D eigenvalue weighted by atomic mass is 10.0. The smallest absolute Gasteiger partial charge is 0.416 e. The highest BCUT2D eigenvalue weighted by molar-refractivity contribution is 5.83. The summed E-state index contributed by atoms with van der Waals surface area (Å²) in [6.07, 6.45) is -1.72. The number of alkyl halides is 3. The van der Waals surface area contributed by atoms with Crippen molar-refractivity contribution < 1.29 is 17.9 Å². The van der Waals surface area contributed by atoms with Gasteiger partial charge in [-0.3, -0.25) is 0 Å². The normalized spacial score (nSPS) is 25.8. The summed E-state index contributed by atoms with van der Waals surface area (Å²) in [6.45, 7) is 1.41. The molecule has 1 N–H and O–H groups in total. The lowest BCUT2D eigenvalue weighted by molar-refractivity contribution is -0.137. The fourth-order valence-electron chi connectivity index (χ4n) is 2.77. The van der Waals surface area contributed by atoms with E-state index in [4.69, 9.17) is 4.74 Å². The molecule has 1 aromatic carbocycles. The molecule has 0 spiro atoms. The molecule has 0 saturated carbocycles. The van der Waals surface area contributed by atoms with Crippen molar-refractivity contribution >= 4 is 5.90 Å². The molecule has 2 heterocycles. The third-order valence-corrected chi connectivity index (χ3v) is 3.82. The lowest BCUT2D eigenvalue weighted by Crippen LogP contribution is -2.30. The van der Waals surface area contributed by atoms with E-state index in [0.29, 0.717) is 24.5 Å². The molecule has 0 bridgehead atoms. The Morgan fingerprint density at radius 1 is 1.33 bits per heavy atom. The van der Waals surface area contributed by atoms with Crippen LogP contribution in [0.2, 0.25) is 0 Å². The van der Waals surface area contributed by atoms with Gasteiger partial charge in [-0.05, 0) is 37.4 Å². The molecule has 3 rings (SSSR count). The number of nitrogens with zero attached hydrogens (tertiary/aromatic N) is 1. The summed E-state index contributed by atoms with van der Waals surface area (Å²) in [7, 11) is 0. The predicted octanol–water partition coefficient (Wildman–Crippen LogP) is 2.80. The number of halogens is 3. The fourth-order valence-corrected chi connectivity index (χ4v) is 2.77. The second kappa shape index (κ2) is 5.67. The van der Waals surface area contributed by atoms with Gasteiger partial charge in [0.2, 0.25) is 5.90 Å². The summed E-state index contributed by atoms with van der Waals surface area (Å²) in [4.78, 5) is 4.51. The zero-order valence-electron chi connectivity index (χ0n) is 11.5. The molecule has 0 aliphatic carbocycles. The number of benzene rings is 1. The van der Waals surface area contributed by atoms with Crippen molar-refractivity contribution in [2.24, 2.45) is 4.99 Å². The van der Waals surface area contributed by atoms with Crippen molar-refractivity contribution in [3.8, 4) is 0 Å². The van der Waals surface area contributed by atoms with E-state index in [0.717, 1.165) is 25.5 Å². The molecule has 114 valence electrons. The molecule has 0 radical (unpaired) electrons. The standard InChI is InChI=1S/C15H17F3N2O/c16-15(17,18)11-4-1-3-10(7-11)8-12-9-21-14(20-12)13-5-2-6-19-13/h1,3-4,7,12-13,19H,2,5-6,8-9H2. The Hall–Kier alpha value is -1.56. The maximum absolute atomic E-state index is 12.7. The van der Waals surface area contributed by atoms with Crippen molar-refractivity contribution in [1.29, 1.82) is 0 Å². The zero-order valence-corrected chi connectivity index (χ0v) is 11.5. The first kappa shape index (κ1) is 14.4. The predicted molar refractivity (Wildman–Crippen MR) is 73.3 cm³/mol. The quantitative estimate of drug-likeness (QED) is 0.931. The van der Waals surface area contributed by atoms with E-state index in [-0.39, 0.29) is 12.1 Å². The number of hydrogen-bond donors (Lipinski definition) is 1. The van der Waals surface area contributed by atoms with Gasteiger partial charge in [-0.2, -0.15) is 13.2 Å². The lowest BCUT2D eigenvalue weighted by Gasteiger charge is -2.10. The topological polar surface area (TPSA) is 33.6 Å². The van der Waals surface area contributed by atoms with Crippen LogP contribution in [0.15, 0.2) is 29.3 Å². The average molecular weight is 298 g/mol. The maximum Gasteiger partial charge on any atom is 0.416 e. The molecular weight excluding hydrogens is 281 g/mol. The van der Waals surface area contributed by atoms with Crippen molar-refractivity contribution in [2.45, 2.75) is 37.5 Å². The third kappa shape index (κ3) is 3.37. The van der Waals surface area contributed by atoms with Crippen molar-refractivity contribution in [1.82, 2.24) is 5.32 Å². The molecule has 1 saturated heterocycles. The summed E-state index contributed by atoms with van der Waals surface area (Å²) in [6, 6.07) is 5.52. The van der Waals surface area contributed by atoms with Gasteiger partial charge in [0.1, 0.15) is 6.61 Å². The van der Waals surface area contributed by atoms with Crippen molar-refractivity contribution in [3.05, 3.63) is 35.4 Å². The van der Waals surface area contributed by atoms with Gasteiger partial charge in [0, 0.05) is 0 Å². The van der Waals surface area contributed by atoms with Crippen LogP contribution in [0.4, 0.5) is 13.2 Å². The molecule has 2 unspecified atom stereocenters. The Labute approximate surface area is 121 Å². The maximum atomic E-state index is 12.7. The van der Waals surface area contributed by atoms with Gasteiger partial charge in [-0.25, -0.2) is 4.99 Å². The van der Waals surface area contributed by atoms with Crippen LogP contribution in [-0.4, -0.2) is 31.1 Å². The van der Waals surface area contributed by atoms with E-state index in [9.17, 15) is 13.2 Å². The minimum absolute atomic E-state index is 0.0918. The largest absolute Gasteiger partial charge is 0.478 e. The van der Waals surface area contributed by atoms with Crippen molar-refractivity contribution in [3.63, 3.8) is 0 Å². The number of nitrogens with one attached hydrogen (secondary N) is 1. The molecule has 6 heteroatoms. The van der Waals surface area contributed by atoms with Crippen LogP contribution in [0.3, 0.4) is 0 Å². The fraction of sp³-hybridized carbons (Fsp3) is 0.533. The zero-order chi connectivity index (χ0) is 14.9. The van der Waals surface area contributed by atoms with Crippen molar-refractivity contribution in [2.75, 3.05) is 13.2 Å². The molecule has 21 heavy (non-hydrogen) atoms. The number of ether oxygens (including phenoxy) is 1. The molecule has 2 aliphatic rings. The van der Waals surface area contributed by atoms with E-state index in [1.165, 1.54) is 12.1 Å². The minimum atomic E-state index is -4.30. The number of rotatable bonds is 3. The van der Waals surface area contributed by atoms with Gasteiger partial charge < -0.3 is 10.1 Å². The summed E-state index contributed by atoms with van der Waals surface area (Å²) in [5.74, 6) is 0.712. The van der Waals surface area contributed by atoms with Crippen LogP contribution < -0.4 is 5.32 Å². The number of hydrogen-bond acceptors (Lipinski definition) is 3. The highest BCUT2D eigenvalue weighted by Gasteiger charge is 2.31. The Balaban J connectivity index is 1.67. The Kier molecular flexibility index (Phi) is 3.89. The monoisotopic (exact) mass is 298 g/mol. The first-order chi connectivity index (χ1) is 10.0. The third-order valence-electron chi connectivity index (χ3n) is 3.82. The van der Waals surface area contributed by atoms with Gasteiger partial charge in [-0.1, -0.05) is 18.2 Å². The summed E-state index contributed by atoms with van der Waals surface area (Å²) < 4.78 is 43.6. The summed E-state index contributed by atoms with van der Waals surface area (Å²) in [5.41, 5.74) is 0.0309. The van der Waals surface area contributed by atoms with Gasteiger partial charge in [0.05, 0.1) is 17.6 Å². The highest BCUT2D eigenvalue weighted by Crippen LogP contribution is 2.30. The molecule has 1 aromatic rings. The van der Waals surface area contributed by atoms with Crippen LogP contribution in [0.1, 0.15) is 24.0 Å². The molecular formula is C15H17F3N2O. The first-order valence-corrected chi connectivity index (χ1v) is 7.12. The molecule has 2 aliphatic heterocycles. The minimum Gasteiger partial charge on any atom is -0.478 e. The second-order valence-electron chi connectivity index (χ2n) is 5.48. The molecule has 3 nitrogen and oxygen atoms in total. The van der Waals surface area contributed by atoms with E-state index in [1.807, 2.05) is 0 Å². The molecule has 0 aromatic heterocycles. The highest BCUT2D eigenvalue weighted by atomic mass is 19.4. The van der Waals surface area contributed by atoms with Crippen LogP contribution in [0.25, 0.3) is 0 Å². The Morgan fingerprint density at radius 2 is 2.19 bits per heavy atom. The van der Waals surface area contributed by atoms with E-state index < -0.39 is 11.7 Å². The second-order valence-corrected chi connectivity index (χ2v) is 5.48. The van der Waals surface area contributed by atoms with Crippen LogP contribution in [0, 0.1) is 0 Å². The van der Waals surface area contributed by atoms with Crippen LogP contribution >= 0.6 is 0 Å². The van der Waals surface area contributed by atoms with E-state index in [2.05, 4.69) is 10.3 Å². The van der Waals surface area contributed by atoms with Crippen LogP contribution in [-0.2, 0) is 17.3 Å². The summed E-state index contributed by atoms with van der Waals surface area (Å²) >= 11 is 0. The average Bonchev–Trinajstić information content (AvgIpc) is 3.08. The Morgan fingerprint density at radius 3 is 2.90 bits per heavy atom. The first-order valence-electron chi connectivity index (χ1n) is 7.12. The SMILES string of the molecule is FC(F)(F)c1cccc(CC2COC(C3CCCN3)=N2)c1. The summed E-state index contributed by atoms with van der Waals surface area (Å²) in [5, 5.41) is 3.31. The van der Waals surface area contributed by atoms with E-state index >= 15 is 0 Å². The molecule has 1 fully saturated rings.